The molecule has 0 aromatic carbocycles. The first-order valence-corrected chi connectivity index (χ1v) is 8.04. The van der Waals surface area contributed by atoms with Crippen LogP contribution in [0.2, 0.25) is 0 Å². The molecule has 2 heterocycles. The second kappa shape index (κ2) is 8.68. The van der Waals surface area contributed by atoms with Gasteiger partial charge in [-0.1, -0.05) is 0 Å². The van der Waals surface area contributed by atoms with Crippen LogP contribution in [0.3, 0.4) is 0 Å². The third kappa shape index (κ3) is 4.15. The molecule has 0 aliphatic carbocycles. The maximum absolute atomic E-state index is 14.0. The first-order chi connectivity index (χ1) is 11.9. The summed E-state index contributed by atoms with van der Waals surface area (Å²) in [4.78, 5) is 24.4. The van der Waals surface area contributed by atoms with Crippen LogP contribution < -0.4 is 11.2 Å². The Balaban J connectivity index is 2.39. The van der Waals surface area contributed by atoms with Crippen molar-refractivity contribution in [2.75, 3.05) is 20.0 Å². The van der Waals surface area contributed by atoms with E-state index < -0.39 is 41.6 Å². The molecule has 1 aromatic heterocycles. The Labute approximate surface area is 143 Å². The van der Waals surface area contributed by atoms with Crippen LogP contribution in [0.15, 0.2) is 15.8 Å². The van der Waals surface area contributed by atoms with Crippen LogP contribution in [-0.2, 0) is 25.7 Å². The first-order valence-electron chi connectivity index (χ1n) is 8.04. The zero-order valence-corrected chi connectivity index (χ0v) is 14.4. The number of halogens is 1. The van der Waals surface area contributed by atoms with Crippen LogP contribution in [-0.4, -0.2) is 52.6 Å². The standard InChI is InChI=1S/C15H23FN2O7/c1-4-22-7-18-13(20)10(16)6-17(15(18)21)14-12(24-8-23-5-2)11(19)9(3)25-14/h6,9,11-12,14,19H,4-5,7-8H2,1-3H3/t9-,11-,12-,14-/m1/s1. The third-order valence-electron chi connectivity index (χ3n) is 3.85. The summed E-state index contributed by atoms with van der Waals surface area (Å²) >= 11 is 0. The maximum atomic E-state index is 14.0. The van der Waals surface area contributed by atoms with Gasteiger partial charge in [0.15, 0.2) is 6.23 Å². The van der Waals surface area contributed by atoms with Gasteiger partial charge >= 0.3 is 5.69 Å². The van der Waals surface area contributed by atoms with Crippen molar-refractivity contribution in [3.8, 4) is 0 Å². The van der Waals surface area contributed by atoms with E-state index in [0.29, 0.717) is 11.2 Å². The molecule has 1 aliphatic heterocycles. The van der Waals surface area contributed by atoms with Gasteiger partial charge in [-0.25, -0.2) is 9.36 Å². The minimum Gasteiger partial charge on any atom is -0.388 e. The van der Waals surface area contributed by atoms with Crippen molar-refractivity contribution in [3.05, 3.63) is 32.9 Å². The summed E-state index contributed by atoms with van der Waals surface area (Å²) in [6.07, 6.45) is -3.02. The second-order valence-electron chi connectivity index (χ2n) is 5.49. The quantitative estimate of drug-likeness (QED) is 0.505. The molecule has 1 N–H and O–H groups in total. The lowest BCUT2D eigenvalue weighted by Gasteiger charge is -2.23. The van der Waals surface area contributed by atoms with Gasteiger partial charge in [-0.3, -0.25) is 9.36 Å². The maximum Gasteiger partial charge on any atom is 0.335 e. The minimum absolute atomic E-state index is 0.124. The molecule has 0 radical (unpaired) electrons. The lowest BCUT2D eigenvalue weighted by atomic mass is 10.1. The zero-order valence-electron chi connectivity index (χ0n) is 14.4. The highest BCUT2D eigenvalue weighted by atomic mass is 19.1. The summed E-state index contributed by atoms with van der Waals surface area (Å²) < 4.78 is 36.6. The molecule has 0 spiro atoms. The number of nitrogens with zero attached hydrogens (tertiary/aromatic N) is 2. The third-order valence-corrected chi connectivity index (χ3v) is 3.85. The molecule has 1 fully saturated rings. The summed E-state index contributed by atoms with van der Waals surface area (Å²) in [5.74, 6) is -1.14. The largest absolute Gasteiger partial charge is 0.388 e. The number of aliphatic hydroxyl groups is 1. The Hall–Kier alpha value is -1.59. The average molecular weight is 362 g/mol. The van der Waals surface area contributed by atoms with Crippen molar-refractivity contribution in [1.82, 2.24) is 9.13 Å². The molecular formula is C15H23FN2O7. The smallest absolute Gasteiger partial charge is 0.335 e. The molecule has 0 saturated carbocycles. The van der Waals surface area contributed by atoms with Crippen molar-refractivity contribution in [1.29, 1.82) is 0 Å². The number of hydrogen-bond donors (Lipinski definition) is 1. The topological polar surface area (TPSA) is 101 Å². The van der Waals surface area contributed by atoms with E-state index in [9.17, 15) is 19.1 Å². The fraction of sp³-hybridized carbons (Fsp3) is 0.733. The van der Waals surface area contributed by atoms with Crippen LogP contribution in [0.1, 0.15) is 27.0 Å². The molecule has 1 aliphatic rings. The summed E-state index contributed by atoms with van der Waals surface area (Å²) in [7, 11) is 0. The van der Waals surface area contributed by atoms with E-state index in [1.165, 1.54) is 0 Å². The molecule has 0 bridgehead atoms. The lowest BCUT2D eigenvalue weighted by Crippen LogP contribution is -2.45. The fourth-order valence-electron chi connectivity index (χ4n) is 2.49. The van der Waals surface area contributed by atoms with Gasteiger partial charge in [0.25, 0.3) is 5.56 Å². The normalized spacial score (nSPS) is 26.3. The van der Waals surface area contributed by atoms with Crippen molar-refractivity contribution in [2.45, 2.75) is 52.0 Å². The van der Waals surface area contributed by atoms with Gasteiger partial charge in [0, 0.05) is 13.2 Å². The van der Waals surface area contributed by atoms with Gasteiger partial charge in [-0.05, 0) is 20.8 Å². The van der Waals surface area contributed by atoms with Crippen LogP contribution >= 0.6 is 0 Å². The van der Waals surface area contributed by atoms with Crippen molar-refractivity contribution >= 4 is 0 Å². The van der Waals surface area contributed by atoms with Crippen LogP contribution in [0.5, 0.6) is 0 Å². The Kier molecular flexibility index (Phi) is 6.85. The molecule has 2 rings (SSSR count). The van der Waals surface area contributed by atoms with E-state index in [0.717, 1.165) is 10.8 Å². The predicted octanol–water partition coefficient (Wildman–Crippen LogP) is -0.199. The van der Waals surface area contributed by atoms with Crippen molar-refractivity contribution in [2.24, 2.45) is 0 Å². The van der Waals surface area contributed by atoms with Crippen molar-refractivity contribution in [3.63, 3.8) is 0 Å². The summed E-state index contributed by atoms with van der Waals surface area (Å²) in [5.41, 5.74) is -1.91. The van der Waals surface area contributed by atoms with Crippen LogP contribution in [0.4, 0.5) is 4.39 Å². The SMILES string of the molecule is CCOCO[C@@H]1[C@H](O)[C@@H](C)O[C@H]1n1cc(F)c(=O)n(COCC)c1=O. The van der Waals surface area contributed by atoms with Gasteiger partial charge in [-0.2, -0.15) is 4.39 Å². The highest BCUT2D eigenvalue weighted by Crippen LogP contribution is 2.30. The van der Waals surface area contributed by atoms with Gasteiger partial charge in [0.1, 0.15) is 25.7 Å². The number of aromatic nitrogens is 2. The monoisotopic (exact) mass is 362 g/mol. The van der Waals surface area contributed by atoms with E-state index in [-0.39, 0.29) is 20.1 Å². The Morgan fingerprint density at radius 2 is 1.96 bits per heavy atom. The molecule has 4 atom stereocenters. The Bertz CT molecular complexity index is 689. The highest BCUT2D eigenvalue weighted by Gasteiger charge is 2.44. The molecule has 142 valence electrons. The predicted molar refractivity (Wildman–Crippen MR) is 83.5 cm³/mol. The van der Waals surface area contributed by atoms with E-state index >= 15 is 0 Å². The number of ether oxygens (including phenoxy) is 4. The molecule has 9 nitrogen and oxygen atoms in total. The molecule has 0 unspecified atom stereocenters. The molecule has 10 heteroatoms. The molecule has 25 heavy (non-hydrogen) atoms. The number of hydrogen-bond acceptors (Lipinski definition) is 7. The summed E-state index contributed by atoms with van der Waals surface area (Å²) in [5, 5.41) is 10.2. The summed E-state index contributed by atoms with van der Waals surface area (Å²) in [6, 6.07) is 0. The van der Waals surface area contributed by atoms with Gasteiger partial charge < -0.3 is 24.1 Å². The molecule has 0 amide bonds. The van der Waals surface area contributed by atoms with Crippen LogP contribution in [0, 0.1) is 5.82 Å². The van der Waals surface area contributed by atoms with Crippen molar-refractivity contribution < 1.29 is 28.4 Å². The first kappa shape index (κ1) is 19.7. The van der Waals surface area contributed by atoms with E-state index in [1.54, 1.807) is 20.8 Å². The Morgan fingerprint density at radius 1 is 1.28 bits per heavy atom. The van der Waals surface area contributed by atoms with E-state index in [1.807, 2.05) is 0 Å². The van der Waals surface area contributed by atoms with Gasteiger partial charge in [0.2, 0.25) is 5.82 Å². The fourth-order valence-corrected chi connectivity index (χ4v) is 2.49. The molecular weight excluding hydrogens is 339 g/mol. The average Bonchev–Trinajstić information content (AvgIpc) is 2.86. The lowest BCUT2D eigenvalue weighted by molar-refractivity contribution is -0.138. The van der Waals surface area contributed by atoms with Gasteiger partial charge in [0.05, 0.1) is 12.3 Å². The van der Waals surface area contributed by atoms with Crippen LogP contribution in [0.25, 0.3) is 0 Å². The highest BCUT2D eigenvalue weighted by molar-refractivity contribution is 4.96. The Morgan fingerprint density at radius 3 is 2.60 bits per heavy atom. The summed E-state index contributed by atoms with van der Waals surface area (Å²) in [6.45, 7) is 5.18. The second-order valence-corrected chi connectivity index (χ2v) is 5.49. The zero-order chi connectivity index (χ0) is 18.6. The minimum atomic E-state index is -1.14. The number of aliphatic hydroxyl groups excluding tert-OH is 1. The van der Waals surface area contributed by atoms with E-state index in [2.05, 4.69) is 0 Å². The molecule has 1 aromatic rings. The van der Waals surface area contributed by atoms with Gasteiger partial charge in [-0.15, -0.1) is 0 Å². The molecule has 1 saturated heterocycles. The number of rotatable bonds is 8. The van der Waals surface area contributed by atoms with E-state index in [4.69, 9.17) is 18.9 Å².